The van der Waals surface area contributed by atoms with Gasteiger partial charge in [-0.2, -0.15) is 0 Å². The van der Waals surface area contributed by atoms with Gasteiger partial charge in [0.2, 0.25) is 0 Å². The van der Waals surface area contributed by atoms with Crippen molar-refractivity contribution in [1.29, 1.82) is 0 Å². The number of hydrogen-bond acceptors (Lipinski definition) is 6. The molecule has 1 unspecified atom stereocenters. The lowest BCUT2D eigenvalue weighted by Crippen LogP contribution is -2.31. The minimum Gasteiger partial charge on any atom is -0.507 e. The summed E-state index contributed by atoms with van der Waals surface area (Å²) in [6, 6.07) is 18.6. The SMILES string of the molecule is COc1ccc(CCN2C(=O)C(=O)/C(=C(/O)c3cc(Cl)ccc3OC)C2c2ccccc2)cc1OC. The van der Waals surface area contributed by atoms with Crippen molar-refractivity contribution in [3.8, 4) is 17.2 Å². The molecule has 3 aromatic rings. The van der Waals surface area contributed by atoms with Gasteiger partial charge in [0.15, 0.2) is 11.5 Å². The Morgan fingerprint density at radius 2 is 1.56 bits per heavy atom. The van der Waals surface area contributed by atoms with Gasteiger partial charge >= 0.3 is 0 Å². The van der Waals surface area contributed by atoms with Crippen LogP contribution in [0.25, 0.3) is 5.76 Å². The summed E-state index contributed by atoms with van der Waals surface area (Å²) < 4.78 is 16.1. The van der Waals surface area contributed by atoms with Gasteiger partial charge < -0.3 is 24.2 Å². The molecule has 0 bridgehead atoms. The summed E-state index contributed by atoms with van der Waals surface area (Å²) in [5.41, 5.74) is 1.83. The van der Waals surface area contributed by atoms with Crippen LogP contribution >= 0.6 is 11.6 Å². The Morgan fingerprint density at radius 3 is 2.22 bits per heavy atom. The second kappa shape index (κ2) is 10.7. The molecule has 1 atom stereocenters. The highest BCUT2D eigenvalue weighted by Crippen LogP contribution is 2.41. The van der Waals surface area contributed by atoms with Crippen LogP contribution in [-0.4, -0.2) is 49.6 Å². The molecule has 1 N–H and O–H groups in total. The van der Waals surface area contributed by atoms with E-state index in [1.165, 1.54) is 18.1 Å². The number of rotatable bonds is 8. The number of carbonyl (C=O) groups excluding carboxylic acids is 2. The number of halogens is 1. The summed E-state index contributed by atoms with van der Waals surface area (Å²) in [7, 11) is 4.57. The maximum Gasteiger partial charge on any atom is 0.295 e. The number of Topliss-reactive ketones (excluding diaryl/α,β-unsaturated/α-hetero) is 1. The van der Waals surface area contributed by atoms with Gasteiger partial charge in [-0.3, -0.25) is 9.59 Å². The van der Waals surface area contributed by atoms with Crippen molar-refractivity contribution in [2.45, 2.75) is 12.5 Å². The number of ether oxygens (including phenoxy) is 3. The van der Waals surface area contributed by atoms with E-state index in [0.29, 0.717) is 34.3 Å². The maximum atomic E-state index is 13.3. The molecule has 1 fully saturated rings. The molecule has 0 spiro atoms. The summed E-state index contributed by atoms with van der Waals surface area (Å²) in [6.45, 7) is 0.239. The average Bonchev–Trinajstić information content (AvgIpc) is 3.16. The molecule has 8 heteroatoms. The van der Waals surface area contributed by atoms with Crippen LogP contribution in [0.4, 0.5) is 0 Å². The molecule has 1 saturated heterocycles. The van der Waals surface area contributed by atoms with Crippen LogP contribution < -0.4 is 14.2 Å². The van der Waals surface area contributed by atoms with Crippen molar-refractivity contribution in [3.63, 3.8) is 0 Å². The first-order valence-electron chi connectivity index (χ1n) is 11.3. The number of likely N-dealkylation sites (tertiary alicyclic amines) is 1. The highest BCUT2D eigenvalue weighted by molar-refractivity contribution is 6.46. The van der Waals surface area contributed by atoms with Crippen molar-refractivity contribution in [1.82, 2.24) is 4.90 Å². The van der Waals surface area contributed by atoms with E-state index >= 15 is 0 Å². The fourth-order valence-corrected chi connectivity index (χ4v) is 4.56. The molecular formula is C28H26ClNO6. The summed E-state index contributed by atoms with van der Waals surface area (Å²) in [5, 5.41) is 11.7. The zero-order valence-corrected chi connectivity index (χ0v) is 20.9. The zero-order valence-electron chi connectivity index (χ0n) is 20.2. The molecule has 0 radical (unpaired) electrons. The second-order valence-corrected chi connectivity index (χ2v) is 8.62. The molecule has 0 saturated carbocycles. The fourth-order valence-electron chi connectivity index (χ4n) is 4.39. The lowest BCUT2D eigenvalue weighted by Gasteiger charge is -2.25. The van der Waals surface area contributed by atoms with E-state index in [4.69, 9.17) is 25.8 Å². The highest BCUT2D eigenvalue weighted by atomic mass is 35.5. The van der Waals surface area contributed by atoms with Gasteiger partial charge in [0.1, 0.15) is 11.5 Å². The van der Waals surface area contributed by atoms with E-state index in [9.17, 15) is 14.7 Å². The third kappa shape index (κ3) is 4.75. The predicted octanol–water partition coefficient (Wildman–Crippen LogP) is 5.03. The van der Waals surface area contributed by atoms with E-state index in [0.717, 1.165) is 5.56 Å². The number of amides is 1. The number of ketones is 1. The molecule has 0 aromatic heterocycles. The Labute approximate surface area is 214 Å². The summed E-state index contributed by atoms with van der Waals surface area (Å²) in [4.78, 5) is 28.0. The lowest BCUT2D eigenvalue weighted by molar-refractivity contribution is -0.139. The number of benzene rings is 3. The summed E-state index contributed by atoms with van der Waals surface area (Å²) in [5.74, 6) is -0.288. The normalized spacial score (nSPS) is 16.8. The molecule has 36 heavy (non-hydrogen) atoms. The van der Waals surface area contributed by atoms with Crippen molar-refractivity contribution >= 4 is 29.1 Å². The molecule has 4 rings (SSSR count). The van der Waals surface area contributed by atoms with Crippen molar-refractivity contribution in [2.75, 3.05) is 27.9 Å². The van der Waals surface area contributed by atoms with Crippen LogP contribution in [-0.2, 0) is 16.0 Å². The van der Waals surface area contributed by atoms with Crippen LogP contribution in [0.3, 0.4) is 0 Å². The second-order valence-electron chi connectivity index (χ2n) is 8.19. The molecule has 0 aliphatic carbocycles. The minimum atomic E-state index is -0.782. The topological polar surface area (TPSA) is 85.3 Å². The Kier molecular flexibility index (Phi) is 7.50. The van der Waals surface area contributed by atoms with Gasteiger partial charge in [-0.1, -0.05) is 48.0 Å². The number of methoxy groups -OCH3 is 3. The molecule has 1 aliphatic heterocycles. The van der Waals surface area contributed by atoms with Gasteiger partial charge in [0.25, 0.3) is 11.7 Å². The van der Waals surface area contributed by atoms with Gasteiger partial charge in [-0.15, -0.1) is 0 Å². The number of aliphatic hydroxyl groups excluding tert-OH is 1. The van der Waals surface area contributed by atoms with E-state index in [2.05, 4.69) is 0 Å². The summed E-state index contributed by atoms with van der Waals surface area (Å²) >= 11 is 6.16. The Balaban J connectivity index is 1.77. The fraction of sp³-hybridized carbons (Fsp3) is 0.214. The van der Waals surface area contributed by atoms with E-state index in [-0.39, 0.29) is 23.4 Å². The first kappa shape index (κ1) is 25.1. The third-order valence-electron chi connectivity index (χ3n) is 6.16. The minimum absolute atomic E-state index is 0.0147. The molecular weight excluding hydrogens is 482 g/mol. The van der Waals surface area contributed by atoms with Crippen LogP contribution in [0.15, 0.2) is 72.3 Å². The smallest absolute Gasteiger partial charge is 0.295 e. The van der Waals surface area contributed by atoms with Gasteiger partial charge in [-0.25, -0.2) is 0 Å². The average molecular weight is 508 g/mol. The Bertz CT molecular complexity index is 1320. The molecule has 1 heterocycles. The molecule has 7 nitrogen and oxygen atoms in total. The van der Waals surface area contributed by atoms with E-state index in [1.54, 1.807) is 32.4 Å². The van der Waals surface area contributed by atoms with Crippen molar-refractivity contribution in [3.05, 3.63) is 94.0 Å². The number of carbonyl (C=O) groups is 2. The monoisotopic (exact) mass is 507 g/mol. The molecule has 1 aliphatic rings. The van der Waals surface area contributed by atoms with E-state index in [1.807, 2.05) is 42.5 Å². The number of aliphatic hydroxyl groups is 1. The predicted molar refractivity (Wildman–Crippen MR) is 137 cm³/mol. The molecule has 1 amide bonds. The first-order valence-corrected chi connectivity index (χ1v) is 11.7. The summed E-state index contributed by atoms with van der Waals surface area (Å²) in [6.07, 6.45) is 0.456. The highest BCUT2D eigenvalue weighted by Gasteiger charge is 2.46. The van der Waals surface area contributed by atoms with E-state index < -0.39 is 17.7 Å². The van der Waals surface area contributed by atoms with Crippen molar-refractivity contribution < 1.29 is 28.9 Å². The standard InChI is InChI=1S/C28H26ClNO6/c1-34-21-12-10-19(29)16-20(21)26(31)24-25(18-7-5-4-6-8-18)30(28(33)27(24)32)14-13-17-9-11-22(35-2)23(15-17)36-3/h4-12,15-16,25,31H,13-14H2,1-3H3/b26-24+. The van der Waals surface area contributed by atoms with Crippen LogP contribution in [0.1, 0.15) is 22.7 Å². The molecule has 186 valence electrons. The lowest BCUT2D eigenvalue weighted by atomic mass is 9.95. The quantitative estimate of drug-likeness (QED) is 0.261. The number of nitrogens with zero attached hydrogens (tertiary/aromatic N) is 1. The van der Waals surface area contributed by atoms with Gasteiger partial charge in [0, 0.05) is 11.6 Å². The first-order chi connectivity index (χ1) is 17.4. The van der Waals surface area contributed by atoms with Gasteiger partial charge in [0.05, 0.1) is 38.5 Å². The number of hydrogen-bond donors (Lipinski definition) is 1. The zero-order chi connectivity index (χ0) is 25.8. The Hall–Kier alpha value is -3.97. The maximum absolute atomic E-state index is 13.3. The largest absolute Gasteiger partial charge is 0.507 e. The third-order valence-corrected chi connectivity index (χ3v) is 6.40. The van der Waals surface area contributed by atoms with Crippen LogP contribution in [0.5, 0.6) is 17.2 Å². The van der Waals surface area contributed by atoms with Crippen LogP contribution in [0.2, 0.25) is 5.02 Å². The van der Waals surface area contributed by atoms with Crippen molar-refractivity contribution in [2.24, 2.45) is 0 Å². The van der Waals surface area contributed by atoms with Crippen LogP contribution in [0, 0.1) is 0 Å². The molecule has 3 aromatic carbocycles. The Morgan fingerprint density at radius 1 is 0.889 bits per heavy atom. The van der Waals surface area contributed by atoms with Gasteiger partial charge in [-0.05, 0) is 47.9 Å².